The number of nitrogens with zero attached hydrogens (tertiary/aromatic N) is 1. The molecule has 0 aliphatic carbocycles. The Labute approximate surface area is 127 Å². The molecule has 0 aliphatic rings. The highest BCUT2D eigenvalue weighted by Crippen LogP contribution is 2.22. The minimum Gasteiger partial charge on any atom is -0.623 e. The third kappa shape index (κ3) is 4.88. The zero-order valence-electron chi connectivity index (χ0n) is 13.6. The van der Waals surface area contributed by atoms with Gasteiger partial charge in [0.1, 0.15) is 0 Å². The molecule has 0 amide bonds. The van der Waals surface area contributed by atoms with Crippen molar-refractivity contribution in [1.82, 2.24) is 0 Å². The standard InChI is InChI=1S/C17H25NO3/c1-6-16(2,3)15(19)21-13-17(4,5)18(20)12-14-10-8-7-9-11-14/h7-12H,6,13H2,1-5H3/b18-12-. The molecule has 4 heteroatoms. The van der Waals surface area contributed by atoms with Crippen LogP contribution in [0.5, 0.6) is 0 Å². The SMILES string of the molecule is CCC(C)(C)C(=O)OCC(C)(C)/[N+]([O-])=C/c1ccccc1. The highest BCUT2D eigenvalue weighted by Gasteiger charge is 2.33. The van der Waals surface area contributed by atoms with Crippen LogP contribution in [-0.4, -0.2) is 29.1 Å². The smallest absolute Gasteiger partial charge is 0.311 e. The van der Waals surface area contributed by atoms with Crippen molar-refractivity contribution >= 4 is 12.2 Å². The van der Waals surface area contributed by atoms with E-state index in [1.165, 1.54) is 6.21 Å². The molecule has 0 N–H and O–H groups in total. The first kappa shape index (κ1) is 17.2. The van der Waals surface area contributed by atoms with E-state index in [1.807, 2.05) is 51.1 Å². The van der Waals surface area contributed by atoms with Crippen LogP contribution in [0.2, 0.25) is 0 Å². The van der Waals surface area contributed by atoms with Crippen LogP contribution < -0.4 is 0 Å². The maximum Gasteiger partial charge on any atom is 0.311 e. The average Bonchev–Trinajstić information content (AvgIpc) is 2.45. The lowest BCUT2D eigenvalue weighted by Crippen LogP contribution is -2.41. The molecular formula is C17H25NO3. The van der Waals surface area contributed by atoms with E-state index in [0.29, 0.717) is 6.42 Å². The fourth-order valence-corrected chi connectivity index (χ4v) is 1.49. The number of benzene rings is 1. The molecule has 0 heterocycles. The Morgan fingerprint density at radius 3 is 2.33 bits per heavy atom. The average molecular weight is 291 g/mol. The minimum atomic E-state index is -0.810. The second-order valence-electron chi connectivity index (χ2n) is 6.49. The number of carbonyl (C=O) groups is 1. The van der Waals surface area contributed by atoms with E-state index >= 15 is 0 Å². The van der Waals surface area contributed by atoms with Gasteiger partial charge in [0.15, 0.2) is 12.8 Å². The molecule has 0 saturated carbocycles. The van der Waals surface area contributed by atoms with Crippen molar-refractivity contribution < 1.29 is 14.3 Å². The van der Waals surface area contributed by atoms with E-state index in [1.54, 1.807) is 13.8 Å². The summed E-state index contributed by atoms with van der Waals surface area (Å²) in [6.07, 6.45) is 2.21. The van der Waals surface area contributed by atoms with Crippen LogP contribution in [-0.2, 0) is 9.53 Å². The van der Waals surface area contributed by atoms with E-state index in [2.05, 4.69) is 0 Å². The minimum absolute atomic E-state index is 0.0576. The van der Waals surface area contributed by atoms with Crippen molar-refractivity contribution in [3.63, 3.8) is 0 Å². The Hall–Kier alpha value is -1.84. The summed E-state index contributed by atoms with van der Waals surface area (Å²) in [4.78, 5) is 12.0. The van der Waals surface area contributed by atoms with Gasteiger partial charge in [0.05, 0.1) is 5.41 Å². The van der Waals surface area contributed by atoms with E-state index < -0.39 is 11.0 Å². The van der Waals surface area contributed by atoms with Crippen molar-refractivity contribution in [3.05, 3.63) is 41.1 Å². The summed E-state index contributed by atoms with van der Waals surface area (Å²) >= 11 is 0. The number of hydrogen-bond acceptors (Lipinski definition) is 3. The second kappa shape index (κ2) is 6.74. The van der Waals surface area contributed by atoms with Crippen molar-refractivity contribution in [2.24, 2.45) is 5.41 Å². The first-order valence-corrected chi connectivity index (χ1v) is 7.22. The van der Waals surface area contributed by atoms with Crippen LogP contribution >= 0.6 is 0 Å². The molecule has 0 fully saturated rings. The normalized spacial score (nSPS) is 13.1. The monoisotopic (exact) mass is 291 g/mol. The molecule has 1 aromatic rings. The summed E-state index contributed by atoms with van der Waals surface area (Å²) in [6.45, 7) is 9.19. The lowest BCUT2D eigenvalue weighted by Gasteiger charge is -2.26. The van der Waals surface area contributed by atoms with Crippen LogP contribution in [0.15, 0.2) is 30.3 Å². The van der Waals surface area contributed by atoms with Crippen LogP contribution in [0.3, 0.4) is 0 Å². The molecule has 0 aliphatic heterocycles. The first-order chi connectivity index (χ1) is 9.69. The fourth-order valence-electron chi connectivity index (χ4n) is 1.49. The molecule has 0 unspecified atom stereocenters. The van der Waals surface area contributed by atoms with Crippen LogP contribution in [0.4, 0.5) is 0 Å². The summed E-state index contributed by atoms with van der Waals surface area (Å²) < 4.78 is 6.16. The number of ether oxygens (including phenoxy) is 1. The largest absolute Gasteiger partial charge is 0.623 e. The van der Waals surface area contributed by atoms with Crippen molar-refractivity contribution in [1.29, 1.82) is 0 Å². The Morgan fingerprint density at radius 2 is 1.81 bits per heavy atom. The predicted molar refractivity (Wildman–Crippen MR) is 84.3 cm³/mol. The summed E-state index contributed by atoms with van der Waals surface area (Å²) in [7, 11) is 0. The Bertz CT molecular complexity index is 504. The quantitative estimate of drug-likeness (QED) is 0.265. The van der Waals surface area contributed by atoms with E-state index in [-0.39, 0.29) is 12.6 Å². The van der Waals surface area contributed by atoms with Gasteiger partial charge in [-0.2, -0.15) is 0 Å². The number of carbonyl (C=O) groups excluding carboxylic acids is 1. The van der Waals surface area contributed by atoms with Gasteiger partial charge in [0.25, 0.3) is 0 Å². The maximum atomic E-state index is 12.2. The highest BCUT2D eigenvalue weighted by atomic mass is 16.5. The van der Waals surface area contributed by atoms with Gasteiger partial charge in [-0.3, -0.25) is 4.79 Å². The highest BCUT2D eigenvalue weighted by molar-refractivity contribution is 5.76. The van der Waals surface area contributed by atoms with Gasteiger partial charge in [-0.1, -0.05) is 25.1 Å². The molecule has 0 aromatic heterocycles. The van der Waals surface area contributed by atoms with Gasteiger partial charge in [-0.05, 0) is 32.4 Å². The first-order valence-electron chi connectivity index (χ1n) is 7.22. The van der Waals surface area contributed by atoms with Gasteiger partial charge in [0.2, 0.25) is 5.54 Å². The van der Waals surface area contributed by atoms with E-state index in [9.17, 15) is 10.0 Å². The topological polar surface area (TPSA) is 52.4 Å². The number of hydrogen-bond donors (Lipinski definition) is 0. The van der Waals surface area contributed by atoms with Gasteiger partial charge < -0.3 is 9.94 Å². The van der Waals surface area contributed by atoms with E-state index in [0.717, 1.165) is 10.3 Å². The molecule has 21 heavy (non-hydrogen) atoms. The van der Waals surface area contributed by atoms with Crippen molar-refractivity contribution in [3.8, 4) is 0 Å². The number of rotatable bonds is 6. The van der Waals surface area contributed by atoms with Crippen LogP contribution in [0.1, 0.15) is 46.6 Å². The summed E-state index contributed by atoms with van der Waals surface area (Å²) in [5.74, 6) is -0.272. The molecule has 1 rings (SSSR count). The molecule has 0 bridgehead atoms. The van der Waals surface area contributed by atoms with Crippen molar-refractivity contribution in [2.75, 3.05) is 6.61 Å². The van der Waals surface area contributed by atoms with Crippen LogP contribution in [0.25, 0.3) is 0 Å². The molecule has 0 saturated heterocycles. The maximum absolute atomic E-state index is 12.2. The van der Waals surface area contributed by atoms with Gasteiger partial charge >= 0.3 is 5.97 Å². The third-order valence-electron chi connectivity index (χ3n) is 3.66. The summed E-state index contributed by atoms with van der Waals surface area (Å²) in [5.41, 5.74) is -0.511. The molecule has 116 valence electrons. The van der Waals surface area contributed by atoms with Gasteiger partial charge in [0, 0.05) is 19.4 Å². The molecule has 0 spiro atoms. The Morgan fingerprint density at radius 1 is 1.24 bits per heavy atom. The van der Waals surface area contributed by atoms with E-state index in [4.69, 9.17) is 4.74 Å². The molecule has 0 radical (unpaired) electrons. The molecule has 0 atom stereocenters. The lowest BCUT2D eigenvalue weighted by atomic mass is 9.90. The van der Waals surface area contributed by atoms with Crippen molar-refractivity contribution in [2.45, 2.75) is 46.6 Å². The molecular weight excluding hydrogens is 266 g/mol. The molecule has 1 aromatic carbocycles. The third-order valence-corrected chi connectivity index (χ3v) is 3.66. The Kier molecular flexibility index (Phi) is 5.53. The molecule has 4 nitrogen and oxygen atoms in total. The fraction of sp³-hybridized carbons (Fsp3) is 0.529. The Balaban J connectivity index is 2.73. The zero-order chi connectivity index (χ0) is 16.1. The summed E-state index contributed by atoms with van der Waals surface area (Å²) in [5, 5.41) is 12.2. The van der Waals surface area contributed by atoms with Gasteiger partial charge in [-0.25, -0.2) is 4.74 Å². The number of hydroxylamine groups is 1. The van der Waals surface area contributed by atoms with Crippen LogP contribution in [0, 0.1) is 10.6 Å². The predicted octanol–water partition coefficient (Wildman–Crippen LogP) is 3.37. The lowest BCUT2D eigenvalue weighted by molar-refractivity contribution is -0.539. The summed E-state index contributed by atoms with van der Waals surface area (Å²) in [6, 6.07) is 9.35. The zero-order valence-corrected chi connectivity index (χ0v) is 13.6. The number of esters is 1. The second-order valence-corrected chi connectivity index (χ2v) is 6.49. The van der Waals surface area contributed by atoms with Gasteiger partial charge in [-0.15, -0.1) is 0 Å².